The van der Waals surface area contributed by atoms with Gasteiger partial charge in [-0.1, -0.05) is 33.8 Å². The molecule has 44 heavy (non-hydrogen) atoms. The van der Waals surface area contributed by atoms with E-state index in [0.717, 1.165) is 11.8 Å². The summed E-state index contributed by atoms with van der Waals surface area (Å²) in [6, 6.07) is 7.06. The first kappa shape index (κ1) is 34.1. The molecule has 2 aromatic rings. The molecule has 1 aromatic carbocycles. The van der Waals surface area contributed by atoms with E-state index in [1.165, 1.54) is 0 Å². The van der Waals surface area contributed by atoms with Crippen molar-refractivity contribution in [2.75, 3.05) is 13.4 Å². The number of aromatic nitrogens is 1. The van der Waals surface area contributed by atoms with Crippen molar-refractivity contribution in [3.05, 3.63) is 69.3 Å². The van der Waals surface area contributed by atoms with Crippen LogP contribution in [-0.4, -0.2) is 73.8 Å². The molecule has 0 atom stereocenters. The summed E-state index contributed by atoms with van der Waals surface area (Å²) in [5.41, 5.74) is 3.40. The molecule has 2 heterocycles. The molecule has 1 radical (unpaired) electrons. The number of aryl methyl sites for hydroxylation is 1. The molecule has 1 amide bonds. The molecular formula is C33H38N2NaO7S. The number of amides is 1. The number of Topliss-reactive ketones (excluding diaryl/α,β-unsaturated/α-hetero) is 2. The zero-order valence-electron chi connectivity index (χ0n) is 26.9. The van der Waals surface area contributed by atoms with Crippen LogP contribution in [-0.2, 0) is 24.3 Å². The van der Waals surface area contributed by atoms with Crippen molar-refractivity contribution < 1.29 is 32.3 Å². The van der Waals surface area contributed by atoms with Crippen LogP contribution in [0.5, 0.6) is 5.75 Å². The Morgan fingerprint density at radius 1 is 0.932 bits per heavy atom. The maximum atomic E-state index is 13.9. The first-order valence-corrected chi connectivity index (χ1v) is 16.2. The number of ether oxygens (including phenoxy) is 2. The van der Waals surface area contributed by atoms with Gasteiger partial charge in [0.15, 0.2) is 11.6 Å². The maximum absolute atomic E-state index is 13.9. The molecular weight excluding hydrogens is 591 g/mol. The summed E-state index contributed by atoms with van der Waals surface area (Å²) >= 11 is 0. The largest absolute Gasteiger partial charge is 0.496 e. The van der Waals surface area contributed by atoms with Crippen molar-refractivity contribution in [3.8, 4) is 17.0 Å². The van der Waals surface area contributed by atoms with Crippen LogP contribution in [0.2, 0.25) is 0 Å². The fourth-order valence-corrected chi connectivity index (χ4v) is 7.04. The van der Waals surface area contributed by atoms with Gasteiger partial charge in [0.05, 0.1) is 25.0 Å². The molecule has 11 heteroatoms. The number of nitrogens with zero attached hydrogens (tertiary/aromatic N) is 1. The summed E-state index contributed by atoms with van der Waals surface area (Å²) in [5.74, 6) is 0.115. The summed E-state index contributed by atoms with van der Waals surface area (Å²) in [6.45, 7) is 11.7. The minimum atomic E-state index is -3.80. The summed E-state index contributed by atoms with van der Waals surface area (Å²) < 4.78 is 37.8. The number of rotatable bonds is 5. The molecule has 1 aromatic heterocycles. The Balaban J connectivity index is 0.00000442. The molecule has 0 saturated carbocycles. The van der Waals surface area contributed by atoms with Crippen molar-refractivity contribution in [2.24, 2.45) is 10.8 Å². The molecule has 229 valence electrons. The predicted octanol–water partition coefficient (Wildman–Crippen LogP) is 5.08. The van der Waals surface area contributed by atoms with Gasteiger partial charge in [0, 0.05) is 77.5 Å². The average Bonchev–Trinajstić information content (AvgIpc) is 2.85. The van der Waals surface area contributed by atoms with Crippen molar-refractivity contribution in [1.82, 2.24) is 9.71 Å². The Hall–Kier alpha value is -2.79. The van der Waals surface area contributed by atoms with Gasteiger partial charge in [-0.15, -0.1) is 0 Å². The number of benzene rings is 1. The summed E-state index contributed by atoms with van der Waals surface area (Å²) in [4.78, 5) is 45.1. The average molecular weight is 630 g/mol. The van der Waals surface area contributed by atoms with Crippen molar-refractivity contribution in [3.63, 3.8) is 0 Å². The minimum Gasteiger partial charge on any atom is -0.496 e. The van der Waals surface area contributed by atoms with Crippen LogP contribution in [0.3, 0.4) is 0 Å². The van der Waals surface area contributed by atoms with E-state index in [1.807, 2.05) is 45.4 Å². The monoisotopic (exact) mass is 629 g/mol. The number of nitrogens with one attached hydrogen (secondary N) is 1. The third kappa shape index (κ3) is 6.45. The van der Waals surface area contributed by atoms with E-state index in [0.29, 0.717) is 76.5 Å². The number of ketones is 2. The number of sulfonamides is 1. The first-order chi connectivity index (χ1) is 19.9. The fraction of sp³-hybridized carbons (Fsp3) is 0.455. The Labute approximate surface area is 281 Å². The molecule has 9 nitrogen and oxygen atoms in total. The van der Waals surface area contributed by atoms with Gasteiger partial charge in [0.1, 0.15) is 23.0 Å². The number of methoxy groups -OCH3 is 1. The van der Waals surface area contributed by atoms with E-state index in [4.69, 9.17) is 9.47 Å². The van der Waals surface area contributed by atoms with E-state index in [-0.39, 0.29) is 57.6 Å². The third-order valence-corrected chi connectivity index (χ3v) is 8.99. The molecule has 0 bridgehead atoms. The molecule has 2 aliphatic carbocycles. The summed E-state index contributed by atoms with van der Waals surface area (Å²) in [6.07, 6.45) is 2.69. The van der Waals surface area contributed by atoms with E-state index < -0.39 is 21.8 Å². The molecule has 0 spiro atoms. The standard InChI is InChI=1S/C33H38N2O7S.Na/c1-17-9-11-20(34-30(17)31(38)35-43(8,39)40)19-10-12-23(41-7)26(18(19)2)29-27-21(36)13-32(3,4)15-24(27)42-25-16-33(5,6)14-22(37)28(25)29;/h9-12,29H,13-16H2,1-8H3,(H,35,38);. The molecule has 1 N–H and O–H groups in total. The Morgan fingerprint density at radius 2 is 1.48 bits per heavy atom. The topological polar surface area (TPSA) is 129 Å². The van der Waals surface area contributed by atoms with Crippen LogP contribution in [0.1, 0.15) is 86.5 Å². The quantitative estimate of drug-likeness (QED) is 0.454. The molecule has 5 rings (SSSR count). The van der Waals surface area contributed by atoms with Crippen LogP contribution in [0.15, 0.2) is 46.9 Å². The van der Waals surface area contributed by atoms with Gasteiger partial charge in [-0.25, -0.2) is 18.1 Å². The number of pyridine rings is 1. The molecule has 0 fully saturated rings. The minimum absolute atomic E-state index is 0. The SMILES string of the molecule is COc1ccc(-c2ccc(C)c(C(=O)NS(C)(=O)=O)n2)c(C)c1C1C2=C(CC(C)(C)CC2=O)OC2=C1C(=O)CC(C)(C)C2.[Na]. The second-order valence-electron chi connectivity index (χ2n) is 13.5. The zero-order chi connectivity index (χ0) is 31.6. The van der Waals surface area contributed by atoms with Crippen LogP contribution in [0.4, 0.5) is 0 Å². The maximum Gasteiger partial charge on any atom is 0.283 e. The Morgan fingerprint density at radius 3 is 1.98 bits per heavy atom. The smallest absolute Gasteiger partial charge is 0.283 e. The molecule has 0 unspecified atom stereocenters. The molecule has 0 saturated heterocycles. The van der Waals surface area contributed by atoms with Gasteiger partial charge in [0.25, 0.3) is 5.91 Å². The number of allylic oxidation sites excluding steroid dienone is 4. The third-order valence-electron chi connectivity index (χ3n) is 8.43. The Bertz CT molecular complexity index is 1720. The van der Waals surface area contributed by atoms with Crippen molar-refractivity contribution in [2.45, 2.75) is 73.1 Å². The molecule has 1 aliphatic heterocycles. The van der Waals surface area contributed by atoms with E-state index in [1.54, 1.807) is 32.2 Å². The van der Waals surface area contributed by atoms with Gasteiger partial charge in [-0.3, -0.25) is 14.4 Å². The van der Waals surface area contributed by atoms with Crippen LogP contribution in [0, 0.1) is 24.7 Å². The van der Waals surface area contributed by atoms with Gasteiger partial charge in [-0.05, 0) is 54.0 Å². The Kier molecular flexibility index (Phi) is 9.19. The van der Waals surface area contributed by atoms with Crippen LogP contribution >= 0.6 is 0 Å². The van der Waals surface area contributed by atoms with Crippen LogP contribution < -0.4 is 9.46 Å². The first-order valence-electron chi connectivity index (χ1n) is 14.3. The van der Waals surface area contributed by atoms with Crippen LogP contribution in [0.25, 0.3) is 11.3 Å². The summed E-state index contributed by atoms with van der Waals surface area (Å²) in [7, 11) is -2.24. The van der Waals surface area contributed by atoms with Gasteiger partial charge in [-0.2, -0.15) is 0 Å². The predicted molar refractivity (Wildman–Crippen MR) is 168 cm³/mol. The number of hydrogen-bond acceptors (Lipinski definition) is 8. The van der Waals surface area contributed by atoms with Crippen molar-refractivity contribution >= 4 is 57.1 Å². The van der Waals surface area contributed by atoms with Gasteiger partial charge in [0.2, 0.25) is 10.0 Å². The second kappa shape index (κ2) is 11.9. The van der Waals surface area contributed by atoms with E-state index >= 15 is 0 Å². The van der Waals surface area contributed by atoms with E-state index in [9.17, 15) is 22.8 Å². The van der Waals surface area contributed by atoms with Gasteiger partial charge < -0.3 is 9.47 Å². The van der Waals surface area contributed by atoms with Gasteiger partial charge >= 0.3 is 0 Å². The summed E-state index contributed by atoms with van der Waals surface area (Å²) in [5, 5.41) is 0. The molecule has 3 aliphatic rings. The number of carbonyl (C=O) groups excluding carboxylic acids is 3. The fourth-order valence-electron chi connectivity index (χ4n) is 6.61. The van der Waals surface area contributed by atoms with E-state index in [2.05, 4.69) is 4.98 Å². The number of hydrogen-bond donors (Lipinski definition) is 1. The number of carbonyl (C=O) groups is 3. The normalized spacial score (nSPS) is 19.5. The zero-order valence-corrected chi connectivity index (χ0v) is 29.7. The second-order valence-corrected chi connectivity index (χ2v) is 15.3. The van der Waals surface area contributed by atoms with Crippen molar-refractivity contribution in [1.29, 1.82) is 0 Å².